The van der Waals surface area contributed by atoms with Crippen LogP contribution >= 0.6 is 24.4 Å². The van der Waals surface area contributed by atoms with Gasteiger partial charge >= 0.3 is 5.97 Å². The second-order valence-corrected chi connectivity index (χ2v) is 3.51. The number of rotatable bonds is 4. The number of carboxylic acids is 1. The first kappa shape index (κ1) is 9.13. The van der Waals surface area contributed by atoms with E-state index in [1.54, 1.807) is 0 Å². The van der Waals surface area contributed by atoms with Gasteiger partial charge < -0.3 is 10.2 Å². The zero-order valence-corrected chi connectivity index (χ0v) is 6.36. The molecule has 0 aromatic rings. The van der Waals surface area contributed by atoms with Crippen LogP contribution in [0.25, 0.3) is 0 Å². The van der Waals surface area contributed by atoms with Gasteiger partial charge in [0, 0.05) is 0 Å². The van der Waals surface area contributed by atoms with Crippen molar-refractivity contribution in [3.05, 3.63) is 0 Å². The molecule has 0 bridgehead atoms. The van der Waals surface area contributed by atoms with Crippen molar-refractivity contribution in [2.75, 3.05) is 12.4 Å². The monoisotopic (exact) mass is 168 g/mol. The van der Waals surface area contributed by atoms with Crippen LogP contribution < -0.4 is 0 Å². The van der Waals surface area contributed by atoms with Crippen LogP contribution in [0.15, 0.2) is 0 Å². The Balaban J connectivity index is 3.16. The molecule has 0 heterocycles. The van der Waals surface area contributed by atoms with Gasteiger partial charge in [-0.2, -0.15) is 12.6 Å². The van der Waals surface area contributed by atoms with E-state index < -0.39 is 5.97 Å². The van der Waals surface area contributed by atoms with E-state index in [1.807, 2.05) is 0 Å². The molecule has 9 heavy (non-hydrogen) atoms. The fourth-order valence-electron chi connectivity index (χ4n) is 0.220. The van der Waals surface area contributed by atoms with Crippen molar-refractivity contribution in [3.63, 3.8) is 0 Å². The van der Waals surface area contributed by atoms with Crippen molar-refractivity contribution in [3.8, 4) is 0 Å². The number of aliphatic hydroxyl groups is 1. The van der Waals surface area contributed by atoms with Gasteiger partial charge in [0.25, 0.3) is 0 Å². The lowest BCUT2D eigenvalue weighted by atomic mass is 10.8. The van der Waals surface area contributed by atoms with Crippen molar-refractivity contribution >= 4 is 30.4 Å². The Morgan fingerprint density at radius 3 is 2.67 bits per heavy atom. The summed E-state index contributed by atoms with van der Waals surface area (Å²) in [6.45, 7) is -0.0962. The Morgan fingerprint density at radius 2 is 2.33 bits per heavy atom. The molecule has 0 aliphatic carbocycles. The summed E-state index contributed by atoms with van der Waals surface area (Å²) in [5, 5.41) is 16.5. The van der Waals surface area contributed by atoms with Crippen LogP contribution in [0, 0.1) is 0 Å². The molecule has 0 amide bonds. The van der Waals surface area contributed by atoms with Crippen molar-refractivity contribution in [1.82, 2.24) is 0 Å². The summed E-state index contributed by atoms with van der Waals surface area (Å²) in [7, 11) is 0. The minimum absolute atomic E-state index is 0.00523. The quantitative estimate of drug-likeness (QED) is 0.410. The van der Waals surface area contributed by atoms with E-state index in [9.17, 15) is 4.79 Å². The molecule has 0 aromatic carbocycles. The maximum absolute atomic E-state index is 9.88. The molecule has 0 aliphatic rings. The molecule has 3 nitrogen and oxygen atoms in total. The van der Waals surface area contributed by atoms with Gasteiger partial charge in [-0.15, -0.1) is 11.8 Å². The average Bonchev–Trinajstić information content (AvgIpc) is 1.83. The van der Waals surface area contributed by atoms with Crippen molar-refractivity contribution in [1.29, 1.82) is 0 Å². The standard InChI is InChI=1S/C4H8O3S2/c5-1-4(8)9-2-3(6)7/h4-5,8H,1-2H2,(H,6,7). The summed E-state index contributed by atoms with van der Waals surface area (Å²) in [6.07, 6.45) is 0. The summed E-state index contributed by atoms with van der Waals surface area (Å²) >= 11 is 4.95. The molecule has 54 valence electrons. The zero-order chi connectivity index (χ0) is 7.28. The molecule has 0 fully saturated rings. The normalized spacial score (nSPS) is 13.1. The minimum Gasteiger partial charge on any atom is -0.481 e. The lowest BCUT2D eigenvalue weighted by molar-refractivity contribution is -0.133. The third-order valence-electron chi connectivity index (χ3n) is 0.555. The lowest BCUT2D eigenvalue weighted by Crippen LogP contribution is -2.05. The second-order valence-electron chi connectivity index (χ2n) is 1.34. The Kier molecular flexibility index (Phi) is 5.03. The van der Waals surface area contributed by atoms with Gasteiger partial charge in [0.1, 0.15) is 0 Å². The van der Waals surface area contributed by atoms with Crippen LogP contribution in [-0.4, -0.2) is 33.1 Å². The van der Waals surface area contributed by atoms with Crippen molar-refractivity contribution in [2.24, 2.45) is 0 Å². The van der Waals surface area contributed by atoms with E-state index >= 15 is 0 Å². The number of hydrogen-bond donors (Lipinski definition) is 3. The molecule has 0 saturated heterocycles. The van der Waals surface area contributed by atoms with E-state index in [1.165, 1.54) is 0 Å². The first-order valence-electron chi connectivity index (χ1n) is 2.29. The largest absolute Gasteiger partial charge is 0.481 e. The Bertz CT molecular complexity index is 95.8. The molecule has 0 spiro atoms. The first-order valence-corrected chi connectivity index (χ1v) is 3.85. The van der Waals surface area contributed by atoms with E-state index in [-0.39, 0.29) is 16.9 Å². The summed E-state index contributed by atoms with van der Waals surface area (Å²) in [4.78, 5) is 9.88. The fraction of sp³-hybridized carbons (Fsp3) is 0.750. The van der Waals surface area contributed by atoms with Gasteiger partial charge in [-0.3, -0.25) is 4.79 Å². The number of hydrogen-bond acceptors (Lipinski definition) is 4. The van der Waals surface area contributed by atoms with Crippen LogP contribution in [0.3, 0.4) is 0 Å². The molecule has 5 heteroatoms. The molecule has 0 radical (unpaired) electrons. The molecule has 1 unspecified atom stereocenters. The van der Waals surface area contributed by atoms with E-state index in [4.69, 9.17) is 10.2 Å². The molecule has 0 saturated carbocycles. The number of thioether (sulfide) groups is 1. The summed E-state index contributed by atoms with van der Waals surface area (Å²) in [6, 6.07) is 0. The topological polar surface area (TPSA) is 57.5 Å². The predicted molar refractivity (Wildman–Crippen MR) is 40.0 cm³/mol. The highest BCUT2D eigenvalue weighted by Crippen LogP contribution is 2.12. The third kappa shape index (κ3) is 6.01. The number of aliphatic hydroxyl groups excluding tert-OH is 1. The van der Waals surface area contributed by atoms with E-state index in [0.29, 0.717) is 0 Å². The highest BCUT2D eigenvalue weighted by atomic mass is 32.2. The van der Waals surface area contributed by atoms with Gasteiger partial charge in [-0.1, -0.05) is 0 Å². The molecule has 1 atom stereocenters. The van der Waals surface area contributed by atoms with Gasteiger partial charge in [-0.05, 0) is 0 Å². The van der Waals surface area contributed by atoms with E-state index in [0.717, 1.165) is 11.8 Å². The summed E-state index contributed by atoms with van der Waals surface area (Å²) in [5.41, 5.74) is 0. The summed E-state index contributed by atoms with van der Waals surface area (Å²) in [5.74, 6) is -0.887. The molecule has 0 aromatic heterocycles. The maximum atomic E-state index is 9.88. The average molecular weight is 168 g/mol. The van der Waals surface area contributed by atoms with Crippen LogP contribution in [0.4, 0.5) is 0 Å². The van der Waals surface area contributed by atoms with Crippen LogP contribution in [0.1, 0.15) is 0 Å². The van der Waals surface area contributed by atoms with Crippen LogP contribution in [0.5, 0.6) is 0 Å². The van der Waals surface area contributed by atoms with Gasteiger partial charge in [0.2, 0.25) is 0 Å². The number of carbonyl (C=O) groups is 1. The minimum atomic E-state index is -0.882. The Morgan fingerprint density at radius 1 is 1.78 bits per heavy atom. The smallest absolute Gasteiger partial charge is 0.313 e. The fourth-order valence-corrected chi connectivity index (χ4v) is 0.884. The van der Waals surface area contributed by atoms with Gasteiger partial charge in [0.15, 0.2) is 0 Å². The number of carboxylic acid groups (broad SMARTS) is 1. The SMILES string of the molecule is O=C(O)CSC(S)CO. The highest BCUT2D eigenvalue weighted by molar-refractivity contribution is 8.10. The number of aliphatic carboxylic acids is 1. The van der Waals surface area contributed by atoms with Crippen LogP contribution in [-0.2, 0) is 4.79 Å². The zero-order valence-electron chi connectivity index (χ0n) is 4.65. The third-order valence-corrected chi connectivity index (χ3v) is 2.11. The molecular formula is C4H8O3S2. The Hall–Kier alpha value is 0.130. The molecule has 2 N–H and O–H groups in total. The van der Waals surface area contributed by atoms with Gasteiger partial charge in [-0.25, -0.2) is 0 Å². The highest BCUT2D eigenvalue weighted by Gasteiger charge is 2.03. The second kappa shape index (κ2) is 4.96. The number of thiol groups is 1. The maximum Gasteiger partial charge on any atom is 0.313 e. The van der Waals surface area contributed by atoms with Gasteiger partial charge in [0.05, 0.1) is 16.9 Å². The predicted octanol–water partition coefficient (Wildman–Crippen LogP) is 0.0524. The molecule has 0 rings (SSSR count). The molecule has 0 aliphatic heterocycles. The first-order chi connectivity index (χ1) is 4.16. The van der Waals surface area contributed by atoms with Crippen molar-refractivity contribution in [2.45, 2.75) is 4.58 Å². The van der Waals surface area contributed by atoms with E-state index in [2.05, 4.69) is 12.6 Å². The lowest BCUT2D eigenvalue weighted by Gasteiger charge is -2.01. The summed E-state index contributed by atoms with van der Waals surface area (Å²) < 4.78 is -0.277. The van der Waals surface area contributed by atoms with Crippen LogP contribution in [0.2, 0.25) is 0 Å². The molecular weight excluding hydrogens is 160 g/mol. The Labute approximate surface area is 62.9 Å². The van der Waals surface area contributed by atoms with Crippen molar-refractivity contribution < 1.29 is 15.0 Å².